The van der Waals surface area contributed by atoms with E-state index < -0.39 is 0 Å². The predicted octanol–water partition coefficient (Wildman–Crippen LogP) is 4.03. The highest BCUT2D eigenvalue weighted by Crippen LogP contribution is 2.15. The van der Waals surface area contributed by atoms with Gasteiger partial charge >= 0.3 is 0 Å². The summed E-state index contributed by atoms with van der Waals surface area (Å²) in [5, 5.41) is 11.8. The van der Waals surface area contributed by atoms with E-state index in [0.717, 1.165) is 17.7 Å². The lowest BCUT2D eigenvalue weighted by atomic mass is 10.2. The Balaban J connectivity index is 1.74. The molecule has 1 aromatic heterocycles. The van der Waals surface area contributed by atoms with Crippen LogP contribution in [0.25, 0.3) is 0 Å². The van der Waals surface area contributed by atoms with Gasteiger partial charge in [0.2, 0.25) is 5.91 Å². The van der Waals surface area contributed by atoms with Crippen molar-refractivity contribution in [3.8, 4) is 0 Å². The highest BCUT2D eigenvalue weighted by molar-refractivity contribution is 6.30. The van der Waals surface area contributed by atoms with Crippen molar-refractivity contribution in [2.75, 3.05) is 18.4 Å². The number of aromatic nitrogens is 3. The van der Waals surface area contributed by atoms with Crippen LogP contribution in [0.1, 0.15) is 42.0 Å². The fourth-order valence-corrected chi connectivity index (χ4v) is 3.44. The van der Waals surface area contributed by atoms with Crippen LogP contribution in [0, 0.1) is 0 Å². The summed E-state index contributed by atoms with van der Waals surface area (Å²) >= 11 is 5.88. The fourth-order valence-electron chi connectivity index (χ4n) is 3.31. The Labute approximate surface area is 187 Å². The van der Waals surface area contributed by atoms with E-state index in [9.17, 15) is 9.59 Å². The van der Waals surface area contributed by atoms with Gasteiger partial charge in [-0.3, -0.25) is 9.59 Å². The number of halogens is 1. The molecule has 2 aromatic carbocycles. The van der Waals surface area contributed by atoms with Crippen molar-refractivity contribution in [3.63, 3.8) is 0 Å². The number of hydrogen-bond donors (Lipinski definition) is 1. The molecule has 0 unspecified atom stereocenters. The Morgan fingerprint density at radius 2 is 1.77 bits per heavy atom. The quantitative estimate of drug-likeness (QED) is 0.545. The molecule has 0 fully saturated rings. The minimum absolute atomic E-state index is 0.0655. The molecule has 1 heterocycles. The molecule has 0 bridgehead atoms. The largest absolute Gasteiger partial charge is 0.328 e. The maximum Gasteiger partial charge on any atom is 0.276 e. The highest BCUT2D eigenvalue weighted by Gasteiger charge is 2.25. The first-order valence-electron chi connectivity index (χ1n) is 10.3. The lowest BCUT2D eigenvalue weighted by molar-refractivity contribution is -0.116. The van der Waals surface area contributed by atoms with Gasteiger partial charge in [0.25, 0.3) is 5.91 Å². The van der Waals surface area contributed by atoms with E-state index in [2.05, 4.69) is 15.6 Å². The average molecular weight is 440 g/mol. The molecule has 3 rings (SSSR count). The summed E-state index contributed by atoms with van der Waals surface area (Å²) in [5.74, 6) is -0.567. The molecular weight excluding hydrogens is 414 g/mol. The SMILES string of the molecule is CCCN(CC(=O)Nc1ccc(Cl)cc1)C(=O)c1nnn(Cc2ccccc2)c1CC. The van der Waals surface area contributed by atoms with Crippen LogP contribution >= 0.6 is 11.6 Å². The van der Waals surface area contributed by atoms with E-state index in [1.165, 1.54) is 4.90 Å². The van der Waals surface area contributed by atoms with Crippen molar-refractivity contribution < 1.29 is 9.59 Å². The third kappa shape index (κ3) is 5.92. The summed E-state index contributed by atoms with van der Waals surface area (Å²) in [6, 6.07) is 16.7. The first kappa shape index (κ1) is 22.5. The van der Waals surface area contributed by atoms with Crippen LogP contribution in [-0.4, -0.2) is 44.8 Å². The lowest BCUT2D eigenvalue weighted by Crippen LogP contribution is -2.39. The van der Waals surface area contributed by atoms with Crippen LogP contribution in [0.5, 0.6) is 0 Å². The molecule has 0 saturated carbocycles. The molecule has 2 amide bonds. The molecule has 3 aromatic rings. The van der Waals surface area contributed by atoms with Gasteiger partial charge in [-0.2, -0.15) is 0 Å². The molecule has 0 radical (unpaired) electrons. The minimum Gasteiger partial charge on any atom is -0.328 e. The standard InChI is InChI=1S/C23H26ClN5O2/c1-3-14-28(16-21(30)25-19-12-10-18(24)11-13-19)23(31)22-20(4-2)29(27-26-22)15-17-8-6-5-7-9-17/h5-13H,3-4,14-16H2,1-2H3,(H,25,30). The molecule has 0 aliphatic rings. The Kier molecular flexibility index (Phi) is 7.78. The molecule has 0 aliphatic heterocycles. The summed E-state index contributed by atoms with van der Waals surface area (Å²) in [6.45, 7) is 4.85. The van der Waals surface area contributed by atoms with E-state index in [4.69, 9.17) is 11.6 Å². The number of nitrogens with one attached hydrogen (secondary N) is 1. The van der Waals surface area contributed by atoms with Crippen LogP contribution in [0.4, 0.5) is 5.69 Å². The topological polar surface area (TPSA) is 80.1 Å². The maximum atomic E-state index is 13.2. The molecule has 0 spiro atoms. The van der Waals surface area contributed by atoms with Gasteiger partial charge in [0.05, 0.1) is 12.2 Å². The molecule has 0 aliphatic carbocycles. The van der Waals surface area contributed by atoms with Crippen molar-refractivity contribution >= 4 is 29.1 Å². The Morgan fingerprint density at radius 1 is 1.06 bits per heavy atom. The van der Waals surface area contributed by atoms with Gasteiger partial charge in [-0.1, -0.05) is 61.0 Å². The second kappa shape index (κ2) is 10.7. The van der Waals surface area contributed by atoms with E-state index in [1.807, 2.05) is 44.2 Å². The van der Waals surface area contributed by atoms with E-state index in [0.29, 0.717) is 35.9 Å². The normalized spacial score (nSPS) is 10.7. The second-order valence-corrected chi connectivity index (χ2v) is 7.60. The molecule has 1 N–H and O–H groups in total. The second-order valence-electron chi connectivity index (χ2n) is 7.16. The third-order valence-electron chi connectivity index (χ3n) is 4.79. The monoisotopic (exact) mass is 439 g/mol. The van der Waals surface area contributed by atoms with Crippen molar-refractivity contribution in [2.24, 2.45) is 0 Å². The predicted molar refractivity (Wildman–Crippen MR) is 121 cm³/mol. The van der Waals surface area contributed by atoms with Crippen LogP contribution in [0.15, 0.2) is 54.6 Å². The summed E-state index contributed by atoms with van der Waals surface area (Å²) in [7, 11) is 0. The van der Waals surface area contributed by atoms with Crippen LogP contribution < -0.4 is 5.32 Å². The van der Waals surface area contributed by atoms with Gasteiger partial charge in [0.15, 0.2) is 5.69 Å². The zero-order valence-corrected chi connectivity index (χ0v) is 18.5. The van der Waals surface area contributed by atoms with Gasteiger partial charge in [-0.05, 0) is 42.7 Å². The highest BCUT2D eigenvalue weighted by atomic mass is 35.5. The van der Waals surface area contributed by atoms with Crippen LogP contribution in [0.3, 0.4) is 0 Å². The Morgan fingerprint density at radius 3 is 2.42 bits per heavy atom. The Bertz CT molecular complexity index is 1020. The lowest BCUT2D eigenvalue weighted by Gasteiger charge is -2.21. The summed E-state index contributed by atoms with van der Waals surface area (Å²) in [4.78, 5) is 27.3. The molecule has 7 nitrogen and oxygen atoms in total. The van der Waals surface area contributed by atoms with Gasteiger partial charge in [-0.25, -0.2) is 4.68 Å². The number of hydrogen-bond acceptors (Lipinski definition) is 4. The van der Waals surface area contributed by atoms with Gasteiger partial charge in [0, 0.05) is 17.3 Å². The minimum atomic E-state index is -0.288. The molecule has 0 saturated heterocycles. The number of amides is 2. The van der Waals surface area contributed by atoms with Crippen molar-refractivity contribution in [1.82, 2.24) is 19.9 Å². The van der Waals surface area contributed by atoms with E-state index >= 15 is 0 Å². The first-order valence-corrected chi connectivity index (χ1v) is 10.7. The first-order chi connectivity index (χ1) is 15.0. The summed E-state index contributed by atoms with van der Waals surface area (Å²) in [6.07, 6.45) is 1.33. The molecule has 162 valence electrons. The zero-order chi connectivity index (χ0) is 22.2. The molecular formula is C23H26ClN5O2. The third-order valence-corrected chi connectivity index (χ3v) is 5.05. The van der Waals surface area contributed by atoms with Crippen molar-refractivity contribution in [2.45, 2.75) is 33.2 Å². The Hall–Kier alpha value is -3.19. The average Bonchev–Trinajstić information content (AvgIpc) is 3.17. The maximum absolute atomic E-state index is 13.2. The van der Waals surface area contributed by atoms with Gasteiger partial charge in [-0.15, -0.1) is 5.10 Å². The summed E-state index contributed by atoms with van der Waals surface area (Å²) < 4.78 is 1.75. The number of benzene rings is 2. The number of nitrogens with zero attached hydrogens (tertiary/aromatic N) is 4. The van der Waals surface area contributed by atoms with Gasteiger partial charge in [0.1, 0.15) is 6.54 Å². The van der Waals surface area contributed by atoms with Crippen LogP contribution in [0.2, 0.25) is 5.02 Å². The smallest absolute Gasteiger partial charge is 0.276 e. The number of carbonyl (C=O) groups excluding carboxylic acids is 2. The van der Waals surface area contributed by atoms with Crippen LogP contribution in [-0.2, 0) is 17.8 Å². The van der Waals surface area contributed by atoms with Gasteiger partial charge < -0.3 is 10.2 Å². The van der Waals surface area contributed by atoms with Crippen molar-refractivity contribution in [3.05, 3.63) is 76.6 Å². The molecule has 8 heteroatoms. The fraction of sp³-hybridized carbons (Fsp3) is 0.304. The number of carbonyl (C=O) groups is 2. The molecule has 31 heavy (non-hydrogen) atoms. The number of anilines is 1. The summed E-state index contributed by atoms with van der Waals surface area (Å²) in [5.41, 5.74) is 2.76. The molecule has 0 atom stereocenters. The zero-order valence-electron chi connectivity index (χ0n) is 17.7. The van der Waals surface area contributed by atoms with E-state index in [-0.39, 0.29) is 18.4 Å². The number of rotatable bonds is 9. The van der Waals surface area contributed by atoms with Crippen molar-refractivity contribution in [1.29, 1.82) is 0 Å². The van der Waals surface area contributed by atoms with E-state index in [1.54, 1.807) is 28.9 Å².